The van der Waals surface area contributed by atoms with Crippen LogP contribution in [0.15, 0.2) is 75.6 Å². The molecule has 1 aliphatic rings. The van der Waals surface area contributed by atoms with Gasteiger partial charge in [0.2, 0.25) is 5.91 Å². The Balaban J connectivity index is 1.55. The third-order valence-corrected chi connectivity index (χ3v) is 8.61. The smallest absolute Gasteiger partial charge is 0.417 e. The Morgan fingerprint density at radius 3 is 2.20 bits per heavy atom. The van der Waals surface area contributed by atoms with E-state index in [1.165, 1.54) is 13.3 Å². The van der Waals surface area contributed by atoms with Gasteiger partial charge in [0.25, 0.3) is 0 Å². The highest BCUT2D eigenvalue weighted by Gasteiger charge is 2.46. The number of aliphatic hydroxyl groups excluding tert-OH is 1. The van der Waals surface area contributed by atoms with Gasteiger partial charge >= 0.3 is 12.1 Å². The molecule has 9 heteroatoms. The number of cyclic esters (lactones) is 1. The van der Waals surface area contributed by atoms with Crippen LogP contribution >= 0.6 is 15.9 Å². The molecule has 4 rings (SSSR count). The van der Waals surface area contributed by atoms with Gasteiger partial charge in [0.1, 0.15) is 24.2 Å². The molecule has 236 valence electrons. The van der Waals surface area contributed by atoms with Gasteiger partial charge in [0.05, 0.1) is 10.4 Å². The Morgan fingerprint density at radius 2 is 1.57 bits per heavy atom. The summed E-state index contributed by atoms with van der Waals surface area (Å²) in [4.78, 5) is 40.9. The Bertz CT molecular complexity index is 1340. The molecule has 0 spiro atoms. The molecule has 0 radical (unpaired) electrons. The largest absolute Gasteiger partial charge is 0.461 e. The van der Waals surface area contributed by atoms with Crippen LogP contribution in [-0.4, -0.2) is 41.2 Å². The SMILES string of the molecule is CC(=O)O[C@H](c1cc(Br)c(CCCCCCCCCCO)o1)[C@H](Cc1ccccc1)C(=O)N1C(=O)OC[C@@H]1c1ccccc1. The van der Waals surface area contributed by atoms with Crippen LogP contribution in [0.25, 0.3) is 0 Å². The van der Waals surface area contributed by atoms with E-state index in [2.05, 4.69) is 15.9 Å². The van der Waals surface area contributed by atoms with Crippen LogP contribution in [0.3, 0.4) is 0 Å². The Kier molecular flexibility index (Phi) is 13.1. The molecule has 2 aromatic carbocycles. The Hall–Kier alpha value is -3.43. The normalized spacial score (nSPS) is 16.0. The van der Waals surface area contributed by atoms with E-state index in [1.54, 1.807) is 6.07 Å². The lowest BCUT2D eigenvalue weighted by molar-refractivity contribution is -0.155. The number of nitrogens with zero attached hydrogens (tertiary/aromatic N) is 1. The summed E-state index contributed by atoms with van der Waals surface area (Å²) < 4.78 is 18.2. The topological polar surface area (TPSA) is 106 Å². The standard InChI is InChI=1S/C35H42BrNO7/c1-25(39)43-33(32-23-29(36)31(44-32)20-14-6-4-2-3-5-7-15-21-38)28(22-26-16-10-8-11-17-26)34(40)37-30(24-42-35(37)41)27-18-12-9-13-19-27/h8-13,16-19,23,28,30,33,38H,2-7,14-15,20-22,24H2,1H3/t28-,30+,33-/m0/s1. The average Bonchev–Trinajstić information content (AvgIpc) is 3.60. The van der Waals surface area contributed by atoms with Crippen LogP contribution in [0.2, 0.25) is 0 Å². The van der Waals surface area contributed by atoms with Gasteiger partial charge in [-0.1, -0.05) is 99.2 Å². The molecular weight excluding hydrogens is 626 g/mol. The van der Waals surface area contributed by atoms with Gasteiger partial charge in [-0.2, -0.15) is 0 Å². The van der Waals surface area contributed by atoms with Crippen molar-refractivity contribution in [1.29, 1.82) is 0 Å². The molecular formula is C35H42BrNO7. The van der Waals surface area contributed by atoms with Crippen molar-refractivity contribution in [3.8, 4) is 0 Å². The van der Waals surface area contributed by atoms with Crippen LogP contribution in [0.5, 0.6) is 0 Å². The third kappa shape index (κ3) is 9.29. The fraction of sp³-hybridized carbons (Fsp3) is 0.457. The van der Waals surface area contributed by atoms with Crippen molar-refractivity contribution < 1.29 is 33.4 Å². The van der Waals surface area contributed by atoms with Crippen LogP contribution in [0, 0.1) is 5.92 Å². The summed E-state index contributed by atoms with van der Waals surface area (Å²) in [6, 6.07) is 19.9. The summed E-state index contributed by atoms with van der Waals surface area (Å²) in [6.07, 6.45) is 7.68. The molecule has 8 nitrogen and oxygen atoms in total. The van der Waals surface area contributed by atoms with Gasteiger partial charge in [-0.25, -0.2) is 9.69 Å². The van der Waals surface area contributed by atoms with Crippen molar-refractivity contribution >= 4 is 33.9 Å². The van der Waals surface area contributed by atoms with Gasteiger partial charge in [0.15, 0.2) is 6.10 Å². The van der Waals surface area contributed by atoms with E-state index in [9.17, 15) is 14.4 Å². The molecule has 3 atom stereocenters. The minimum absolute atomic E-state index is 0.0456. The van der Waals surface area contributed by atoms with Crippen LogP contribution in [0.1, 0.15) is 93.1 Å². The molecule has 2 heterocycles. The number of furan rings is 1. The lowest BCUT2D eigenvalue weighted by Gasteiger charge is -2.29. The number of hydrogen-bond acceptors (Lipinski definition) is 7. The van der Waals surface area contributed by atoms with E-state index >= 15 is 0 Å². The number of halogens is 1. The van der Waals surface area contributed by atoms with Crippen molar-refractivity contribution in [3.63, 3.8) is 0 Å². The first-order valence-corrected chi connectivity index (χ1v) is 16.3. The minimum atomic E-state index is -1.06. The zero-order valence-electron chi connectivity index (χ0n) is 25.3. The summed E-state index contributed by atoms with van der Waals surface area (Å²) in [5.41, 5.74) is 1.64. The number of carbonyl (C=O) groups excluding carboxylic acids is 3. The molecule has 1 fully saturated rings. The number of benzene rings is 2. The molecule has 1 saturated heterocycles. The molecule has 2 amide bonds. The molecule has 1 N–H and O–H groups in total. The maximum absolute atomic E-state index is 14.4. The van der Waals surface area contributed by atoms with E-state index < -0.39 is 36.0 Å². The lowest BCUT2D eigenvalue weighted by Crippen LogP contribution is -2.42. The second kappa shape index (κ2) is 17.2. The zero-order valence-corrected chi connectivity index (χ0v) is 26.9. The fourth-order valence-electron chi connectivity index (χ4n) is 5.67. The number of carbonyl (C=O) groups is 3. The molecule has 1 aromatic heterocycles. The molecule has 0 bridgehead atoms. The van der Waals surface area contributed by atoms with Crippen molar-refractivity contribution in [2.24, 2.45) is 5.92 Å². The monoisotopic (exact) mass is 667 g/mol. The first-order valence-electron chi connectivity index (χ1n) is 15.5. The van der Waals surface area contributed by atoms with E-state index in [1.807, 2.05) is 60.7 Å². The second-order valence-corrected chi connectivity index (χ2v) is 12.1. The number of ether oxygens (including phenoxy) is 2. The van der Waals surface area contributed by atoms with Crippen molar-refractivity contribution in [2.45, 2.75) is 83.3 Å². The molecule has 44 heavy (non-hydrogen) atoms. The van der Waals surface area contributed by atoms with E-state index in [0.29, 0.717) is 12.2 Å². The summed E-state index contributed by atoms with van der Waals surface area (Å²) in [7, 11) is 0. The van der Waals surface area contributed by atoms with Gasteiger partial charge in [-0.15, -0.1) is 0 Å². The average molecular weight is 669 g/mol. The molecule has 0 saturated carbocycles. The molecule has 0 aliphatic carbocycles. The number of aliphatic hydroxyl groups is 1. The lowest BCUT2D eigenvalue weighted by atomic mass is 9.90. The Labute approximate surface area is 267 Å². The van der Waals surface area contributed by atoms with Crippen molar-refractivity contribution in [1.82, 2.24) is 4.90 Å². The van der Waals surface area contributed by atoms with E-state index in [0.717, 1.165) is 71.2 Å². The Morgan fingerprint density at radius 1 is 0.955 bits per heavy atom. The molecule has 3 aromatic rings. The fourth-order valence-corrected chi connectivity index (χ4v) is 6.17. The third-order valence-electron chi connectivity index (χ3n) is 7.94. The number of imide groups is 1. The first kappa shape index (κ1) is 33.5. The van der Waals surface area contributed by atoms with Crippen molar-refractivity contribution in [2.75, 3.05) is 13.2 Å². The second-order valence-electron chi connectivity index (χ2n) is 11.3. The van der Waals surface area contributed by atoms with Crippen LogP contribution in [-0.2, 0) is 31.9 Å². The van der Waals surface area contributed by atoms with Gasteiger partial charge in [0, 0.05) is 20.0 Å². The number of rotatable bonds is 17. The predicted molar refractivity (Wildman–Crippen MR) is 170 cm³/mol. The van der Waals surface area contributed by atoms with Crippen LogP contribution < -0.4 is 0 Å². The summed E-state index contributed by atoms with van der Waals surface area (Å²) in [6.45, 7) is 1.61. The number of esters is 1. The van der Waals surface area contributed by atoms with Gasteiger partial charge < -0.3 is 19.0 Å². The molecule has 0 unspecified atom stereocenters. The first-order chi connectivity index (χ1) is 21.4. The summed E-state index contributed by atoms with van der Waals surface area (Å²) in [5, 5.41) is 8.91. The number of hydrogen-bond donors (Lipinski definition) is 1. The number of unbranched alkanes of at least 4 members (excludes halogenated alkanes) is 7. The quantitative estimate of drug-likeness (QED) is 0.115. The van der Waals surface area contributed by atoms with E-state index in [4.69, 9.17) is 19.0 Å². The maximum Gasteiger partial charge on any atom is 0.417 e. The van der Waals surface area contributed by atoms with Gasteiger partial charge in [-0.3, -0.25) is 9.59 Å². The molecule has 1 aliphatic heterocycles. The van der Waals surface area contributed by atoms with Crippen LogP contribution in [0.4, 0.5) is 4.79 Å². The summed E-state index contributed by atoms with van der Waals surface area (Å²) >= 11 is 3.61. The maximum atomic E-state index is 14.4. The number of aryl methyl sites for hydroxylation is 1. The number of amides is 2. The highest BCUT2D eigenvalue weighted by molar-refractivity contribution is 9.10. The van der Waals surface area contributed by atoms with Crippen molar-refractivity contribution in [3.05, 3.63) is 93.9 Å². The summed E-state index contributed by atoms with van der Waals surface area (Å²) in [5.74, 6) is -0.922. The van der Waals surface area contributed by atoms with E-state index in [-0.39, 0.29) is 19.6 Å². The highest BCUT2D eigenvalue weighted by Crippen LogP contribution is 2.38. The highest BCUT2D eigenvalue weighted by atomic mass is 79.9. The zero-order chi connectivity index (χ0) is 31.3. The predicted octanol–water partition coefficient (Wildman–Crippen LogP) is 7.88. The van der Waals surface area contributed by atoms with Gasteiger partial charge in [-0.05, 0) is 52.4 Å². The minimum Gasteiger partial charge on any atom is -0.461 e.